The minimum Gasteiger partial charge on any atom is -0.497 e. The van der Waals surface area contributed by atoms with Crippen LogP contribution in [0.3, 0.4) is 0 Å². The molecule has 184 valence electrons. The van der Waals surface area contributed by atoms with Crippen molar-refractivity contribution in [1.82, 2.24) is 25.0 Å². The number of halogens is 1. The number of urea groups is 1. The van der Waals surface area contributed by atoms with Gasteiger partial charge in [0.15, 0.2) is 5.16 Å². The Morgan fingerprint density at radius 1 is 1.23 bits per heavy atom. The van der Waals surface area contributed by atoms with Crippen molar-refractivity contribution >= 4 is 29.4 Å². The molecule has 0 radical (unpaired) electrons. The zero-order valence-corrected chi connectivity index (χ0v) is 20.1. The Kier molecular flexibility index (Phi) is 8.19. The number of benzene rings is 2. The smallest absolute Gasteiger partial charge is 0.319 e. The van der Waals surface area contributed by atoms with Crippen LogP contribution in [0.2, 0.25) is 0 Å². The Labute approximate surface area is 207 Å². The molecule has 1 fully saturated rings. The Bertz CT molecular complexity index is 1160. The Morgan fingerprint density at radius 2 is 2.06 bits per heavy atom. The summed E-state index contributed by atoms with van der Waals surface area (Å²) in [5.74, 6) is 0.762. The third-order valence-corrected chi connectivity index (χ3v) is 6.63. The van der Waals surface area contributed by atoms with Gasteiger partial charge < -0.3 is 20.3 Å². The number of piperidine rings is 1. The zero-order chi connectivity index (χ0) is 24.6. The van der Waals surface area contributed by atoms with Gasteiger partial charge in [-0.3, -0.25) is 9.36 Å². The van der Waals surface area contributed by atoms with Gasteiger partial charge in [0.25, 0.3) is 0 Å². The maximum Gasteiger partial charge on any atom is 0.319 e. The number of aromatic nitrogens is 3. The molecule has 2 aromatic carbocycles. The molecule has 1 atom stereocenters. The number of likely N-dealkylation sites (tertiary alicyclic amines) is 1. The van der Waals surface area contributed by atoms with E-state index in [1.165, 1.54) is 30.0 Å². The third-order valence-electron chi connectivity index (χ3n) is 5.70. The van der Waals surface area contributed by atoms with Crippen molar-refractivity contribution in [2.45, 2.75) is 18.0 Å². The van der Waals surface area contributed by atoms with Gasteiger partial charge >= 0.3 is 6.03 Å². The largest absolute Gasteiger partial charge is 0.497 e. The van der Waals surface area contributed by atoms with E-state index in [1.807, 2.05) is 33.7 Å². The number of rotatable bonds is 8. The lowest BCUT2D eigenvalue weighted by Crippen LogP contribution is -2.45. The van der Waals surface area contributed by atoms with E-state index in [0.717, 1.165) is 24.3 Å². The number of carbonyl (C=O) groups is 2. The number of nitrogens with one attached hydrogen (secondary N) is 2. The summed E-state index contributed by atoms with van der Waals surface area (Å²) in [6.07, 6.45) is 3.41. The standard InChI is InChI=1S/C24H27FN6O3S/c1-34-21-9-7-20(8-10-21)31-16-27-29-24(31)35-15-22(32)30-11-3-4-17(14-30)13-26-23(33)28-19-6-2-5-18(25)12-19/h2,5-10,12,16-17H,3-4,11,13-15H2,1H3,(H2,26,28,33). The predicted octanol–water partition coefficient (Wildman–Crippen LogP) is 3.57. The van der Waals surface area contributed by atoms with E-state index in [-0.39, 0.29) is 17.6 Å². The predicted molar refractivity (Wildman–Crippen MR) is 131 cm³/mol. The summed E-state index contributed by atoms with van der Waals surface area (Å²) in [5, 5.41) is 14.2. The molecule has 2 N–H and O–H groups in total. The van der Waals surface area contributed by atoms with E-state index in [2.05, 4.69) is 20.8 Å². The molecule has 4 rings (SSSR count). The number of nitrogens with zero attached hydrogens (tertiary/aromatic N) is 4. The number of thioether (sulfide) groups is 1. The summed E-state index contributed by atoms with van der Waals surface area (Å²) >= 11 is 1.34. The topological polar surface area (TPSA) is 101 Å². The second kappa shape index (κ2) is 11.7. The Morgan fingerprint density at radius 3 is 2.83 bits per heavy atom. The van der Waals surface area contributed by atoms with Crippen LogP contribution >= 0.6 is 11.8 Å². The molecule has 3 aromatic rings. The van der Waals surface area contributed by atoms with E-state index < -0.39 is 11.8 Å². The molecular formula is C24H27FN6O3S. The SMILES string of the molecule is COc1ccc(-n2cnnc2SCC(=O)N2CCCC(CNC(=O)Nc3cccc(F)c3)C2)cc1. The van der Waals surface area contributed by atoms with Crippen molar-refractivity contribution < 1.29 is 18.7 Å². The van der Waals surface area contributed by atoms with Crippen LogP contribution in [0.1, 0.15) is 12.8 Å². The van der Waals surface area contributed by atoms with Gasteiger partial charge in [0.05, 0.1) is 12.9 Å². The number of anilines is 1. The molecular weight excluding hydrogens is 471 g/mol. The van der Waals surface area contributed by atoms with Gasteiger partial charge in [-0.15, -0.1) is 10.2 Å². The van der Waals surface area contributed by atoms with Crippen molar-refractivity contribution in [1.29, 1.82) is 0 Å². The average molecular weight is 499 g/mol. The van der Waals surface area contributed by atoms with Gasteiger partial charge in [-0.2, -0.15) is 0 Å². The molecule has 0 saturated carbocycles. The molecule has 1 aliphatic heterocycles. The summed E-state index contributed by atoms with van der Waals surface area (Å²) in [7, 11) is 1.61. The van der Waals surface area contributed by atoms with Crippen LogP contribution in [-0.4, -0.2) is 64.1 Å². The van der Waals surface area contributed by atoms with Crippen LogP contribution in [0.25, 0.3) is 5.69 Å². The fraction of sp³-hybridized carbons (Fsp3) is 0.333. The quantitative estimate of drug-likeness (QED) is 0.461. The van der Waals surface area contributed by atoms with Gasteiger partial charge in [-0.1, -0.05) is 17.8 Å². The number of amides is 3. The molecule has 1 unspecified atom stereocenters. The molecule has 0 spiro atoms. The maximum absolute atomic E-state index is 13.3. The molecule has 11 heteroatoms. The number of methoxy groups -OCH3 is 1. The highest BCUT2D eigenvalue weighted by Gasteiger charge is 2.24. The van der Waals surface area contributed by atoms with Gasteiger partial charge in [0, 0.05) is 31.0 Å². The highest BCUT2D eigenvalue weighted by atomic mass is 32.2. The van der Waals surface area contributed by atoms with Gasteiger partial charge in [-0.05, 0) is 61.2 Å². The van der Waals surface area contributed by atoms with E-state index in [4.69, 9.17) is 4.74 Å². The second-order valence-corrected chi connectivity index (χ2v) is 9.11. The second-order valence-electron chi connectivity index (χ2n) is 8.16. The minimum absolute atomic E-state index is 0.0215. The van der Waals surface area contributed by atoms with Crippen LogP contribution in [0, 0.1) is 11.7 Å². The first kappa shape index (κ1) is 24.5. The number of hydrogen-bond donors (Lipinski definition) is 2. The molecule has 3 amide bonds. The lowest BCUT2D eigenvalue weighted by atomic mass is 9.98. The van der Waals surface area contributed by atoms with Crippen LogP contribution in [0.15, 0.2) is 60.0 Å². The summed E-state index contributed by atoms with van der Waals surface area (Å²) in [4.78, 5) is 26.9. The zero-order valence-electron chi connectivity index (χ0n) is 19.3. The molecule has 1 aromatic heterocycles. The molecule has 9 nitrogen and oxygen atoms in total. The van der Waals surface area contributed by atoms with E-state index >= 15 is 0 Å². The lowest BCUT2D eigenvalue weighted by Gasteiger charge is -2.32. The van der Waals surface area contributed by atoms with Crippen molar-refractivity contribution in [3.63, 3.8) is 0 Å². The summed E-state index contributed by atoms with van der Waals surface area (Å²) < 4.78 is 20.3. The van der Waals surface area contributed by atoms with Crippen molar-refractivity contribution in [2.24, 2.45) is 5.92 Å². The Balaban J connectivity index is 1.25. The number of carbonyl (C=O) groups excluding carboxylic acids is 2. The van der Waals surface area contributed by atoms with Gasteiger partial charge in [-0.25, -0.2) is 9.18 Å². The maximum atomic E-state index is 13.3. The summed E-state index contributed by atoms with van der Waals surface area (Å²) in [6, 6.07) is 12.9. The molecule has 35 heavy (non-hydrogen) atoms. The first-order valence-corrected chi connectivity index (χ1v) is 12.3. The molecule has 1 aliphatic rings. The molecule has 0 bridgehead atoms. The van der Waals surface area contributed by atoms with Crippen LogP contribution in [-0.2, 0) is 4.79 Å². The van der Waals surface area contributed by atoms with E-state index in [0.29, 0.717) is 30.5 Å². The summed E-state index contributed by atoms with van der Waals surface area (Å²) in [5.41, 5.74) is 1.27. The van der Waals surface area contributed by atoms with E-state index in [1.54, 1.807) is 19.5 Å². The number of ether oxygens (including phenoxy) is 1. The molecule has 2 heterocycles. The Hall–Kier alpha value is -3.60. The van der Waals surface area contributed by atoms with Crippen molar-refractivity contribution in [3.05, 3.63) is 60.7 Å². The average Bonchev–Trinajstić information content (AvgIpc) is 3.35. The fourth-order valence-corrected chi connectivity index (χ4v) is 4.73. The van der Waals surface area contributed by atoms with Gasteiger partial charge in [0.1, 0.15) is 17.9 Å². The van der Waals surface area contributed by atoms with Crippen molar-refractivity contribution in [2.75, 3.05) is 37.8 Å². The van der Waals surface area contributed by atoms with Crippen LogP contribution < -0.4 is 15.4 Å². The first-order valence-electron chi connectivity index (χ1n) is 11.3. The van der Waals surface area contributed by atoms with Gasteiger partial charge in [0.2, 0.25) is 5.91 Å². The monoisotopic (exact) mass is 498 g/mol. The van der Waals surface area contributed by atoms with Crippen molar-refractivity contribution in [3.8, 4) is 11.4 Å². The third kappa shape index (κ3) is 6.72. The highest BCUT2D eigenvalue weighted by molar-refractivity contribution is 7.99. The normalized spacial score (nSPS) is 15.5. The summed E-state index contributed by atoms with van der Waals surface area (Å²) in [6.45, 7) is 1.70. The lowest BCUT2D eigenvalue weighted by molar-refractivity contribution is -0.130. The highest BCUT2D eigenvalue weighted by Crippen LogP contribution is 2.23. The molecule has 0 aliphatic carbocycles. The van der Waals surface area contributed by atoms with Crippen LogP contribution in [0.5, 0.6) is 5.75 Å². The number of hydrogen-bond acceptors (Lipinski definition) is 6. The van der Waals surface area contributed by atoms with Crippen LogP contribution in [0.4, 0.5) is 14.9 Å². The first-order chi connectivity index (χ1) is 17.0. The van der Waals surface area contributed by atoms with E-state index in [9.17, 15) is 14.0 Å². The fourth-order valence-electron chi connectivity index (χ4n) is 3.90. The molecule has 1 saturated heterocycles. The minimum atomic E-state index is -0.413.